The lowest BCUT2D eigenvalue weighted by Crippen LogP contribution is -2.17. The van der Waals surface area contributed by atoms with Gasteiger partial charge in [-0.1, -0.05) is 11.6 Å². The molecule has 3 N–H and O–H groups in total. The Morgan fingerprint density at radius 1 is 1.64 bits per heavy atom. The average molecular weight is 155 g/mol. The van der Waals surface area contributed by atoms with Crippen molar-refractivity contribution in [3.05, 3.63) is 11.6 Å². The van der Waals surface area contributed by atoms with Crippen LogP contribution in [-0.4, -0.2) is 18.3 Å². The third-order valence-electron chi connectivity index (χ3n) is 2.36. The van der Waals surface area contributed by atoms with Crippen LogP contribution in [0.1, 0.15) is 25.7 Å². The highest BCUT2D eigenvalue weighted by molar-refractivity contribution is 5.11. The molecule has 0 aliphatic heterocycles. The van der Waals surface area contributed by atoms with E-state index >= 15 is 0 Å². The van der Waals surface area contributed by atoms with E-state index in [0.717, 1.165) is 6.42 Å². The summed E-state index contributed by atoms with van der Waals surface area (Å²) in [4.78, 5) is 0. The molecule has 1 unspecified atom stereocenters. The van der Waals surface area contributed by atoms with Gasteiger partial charge in [-0.05, 0) is 38.1 Å². The molecule has 0 aromatic carbocycles. The van der Waals surface area contributed by atoms with Gasteiger partial charge in [-0.15, -0.1) is 0 Å². The first kappa shape index (κ1) is 8.75. The van der Waals surface area contributed by atoms with Crippen LogP contribution < -0.4 is 5.73 Å². The zero-order valence-corrected chi connectivity index (χ0v) is 6.92. The fraction of sp³-hybridized carbons (Fsp3) is 0.778. The van der Waals surface area contributed by atoms with Gasteiger partial charge in [0, 0.05) is 6.61 Å². The van der Waals surface area contributed by atoms with E-state index in [4.69, 9.17) is 10.8 Å². The van der Waals surface area contributed by atoms with Gasteiger partial charge in [-0.3, -0.25) is 0 Å². The summed E-state index contributed by atoms with van der Waals surface area (Å²) in [7, 11) is 0. The maximum Gasteiger partial charge on any atom is 0.0437 e. The lowest BCUT2D eigenvalue weighted by Gasteiger charge is -2.14. The summed E-state index contributed by atoms with van der Waals surface area (Å²) in [5, 5.41) is 8.75. The monoisotopic (exact) mass is 155 g/mol. The number of aliphatic hydroxyl groups excluding tert-OH is 1. The largest absolute Gasteiger partial charge is 0.396 e. The molecule has 0 heterocycles. The van der Waals surface area contributed by atoms with Crippen LogP contribution in [0.15, 0.2) is 11.6 Å². The van der Waals surface area contributed by atoms with Gasteiger partial charge in [-0.2, -0.15) is 0 Å². The van der Waals surface area contributed by atoms with Crippen molar-refractivity contribution in [1.82, 2.24) is 0 Å². The Balaban J connectivity index is 2.40. The van der Waals surface area contributed by atoms with E-state index in [0.29, 0.717) is 12.5 Å². The molecule has 0 amide bonds. The van der Waals surface area contributed by atoms with Crippen molar-refractivity contribution in [2.24, 2.45) is 11.7 Å². The third-order valence-corrected chi connectivity index (χ3v) is 2.36. The smallest absolute Gasteiger partial charge is 0.0437 e. The molecule has 0 fully saturated rings. The summed E-state index contributed by atoms with van der Waals surface area (Å²) in [6, 6.07) is 0. The van der Waals surface area contributed by atoms with Crippen molar-refractivity contribution in [3.63, 3.8) is 0 Å². The van der Waals surface area contributed by atoms with Gasteiger partial charge in [0.2, 0.25) is 0 Å². The van der Waals surface area contributed by atoms with E-state index < -0.39 is 0 Å². The van der Waals surface area contributed by atoms with E-state index in [9.17, 15) is 0 Å². The third kappa shape index (κ3) is 2.31. The molecule has 1 aliphatic carbocycles. The van der Waals surface area contributed by atoms with Crippen molar-refractivity contribution >= 4 is 0 Å². The van der Waals surface area contributed by atoms with Gasteiger partial charge in [0.25, 0.3) is 0 Å². The van der Waals surface area contributed by atoms with Crippen LogP contribution in [-0.2, 0) is 0 Å². The number of allylic oxidation sites excluding steroid dienone is 1. The highest BCUT2D eigenvalue weighted by Crippen LogP contribution is 2.26. The summed E-state index contributed by atoms with van der Waals surface area (Å²) in [6.07, 6.45) is 6.80. The van der Waals surface area contributed by atoms with E-state index in [1.54, 1.807) is 0 Å². The molecule has 1 aliphatic rings. The maximum atomic E-state index is 8.75. The zero-order chi connectivity index (χ0) is 8.10. The second-order valence-electron chi connectivity index (χ2n) is 3.12. The molecular formula is C9H17NO. The fourth-order valence-corrected chi connectivity index (χ4v) is 1.68. The molecule has 0 saturated carbocycles. The number of hydrogen-bond donors (Lipinski definition) is 2. The van der Waals surface area contributed by atoms with Gasteiger partial charge in [0.15, 0.2) is 0 Å². The molecule has 0 spiro atoms. The zero-order valence-electron chi connectivity index (χ0n) is 6.92. The molecular weight excluding hydrogens is 138 g/mol. The van der Waals surface area contributed by atoms with Crippen LogP contribution in [0.25, 0.3) is 0 Å². The minimum Gasteiger partial charge on any atom is -0.396 e. The molecule has 0 saturated heterocycles. The fourth-order valence-electron chi connectivity index (χ4n) is 1.68. The molecule has 0 radical (unpaired) electrons. The Bertz CT molecular complexity index is 142. The normalized spacial score (nSPS) is 20.0. The molecule has 0 bridgehead atoms. The van der Waals surface area contributed by atoms with Crippen molar-refractivity contribution in [2.75, 3.05) is 13.2 Å². The lowest BCUT2D eigenvalue weighted by atomic mass is 9.96. The van der Waals surface area contributed by atoms with Crippen LogP contribution in [0, 0.1) is 5.92 Å². The van der Waals surface area contributed by atoms with Crippen molar-refractivity contribution < 1.29 is 5.11 Å². The minimum absolute atomic E-state index is 0.263. The summed E-state index contributed by atoms with van der Waals surface area (Å²) < 4.78 is 0. The van der Waals surface area contributed by atoms with Gasteiger partial charge < -0.3 is 10.8 Å². The standard InChI is InChI=1S/C9H17NO/c10-7-9(5-6-11)8-3-1-2-4-8/h3,9,11H,1-2,4-7,10H2. The quantitative estimate of drug-likeness (QED) is 0.596. The molecule has 0 aromatic heterocycles. The van der Waals surface area contributed by atoms with Crippen LogP contribution in [0.2, 0.25) is 0 Å². The molecule has 2 heteroatoms. The van der Waals surface area contributed by atoms with Crippen molar-refractivity contribution in [3.8, 4) is 0 Å². The predicted molar refractivity (Wildman–Crippen MR) is 46.2 cm³/mol. The van der Waals surface area contributed by atoms with E-state index in [2.05, 4.69) is 6.08 Å². The first-order valence-corrected chi connectivity index (χ1v) is 4.38. The molecule has 2 nitrogen and oxygen atoms in total. The summed E-state index contributed by atoms with van der Waals surface area (Å²) in [6.45, 7) is 0.950. The van der Waals surface area contributed by atoms with Gasteiger partial charge in [-0.25, -0.2) is 0 Å². The molecule has 1 atom stereocenters. The number of nitrogens with two attached hydrogens (primary N) is 1. The number of rotatable bonds is 4. The number of aliphatic hydroxyl groups is 1. The van der Waals surface area contributed by atoms with E-state index in [-0.39, 0.29) is 6.61 Å². The molecule has 1 rings (SSSR count). The molecule has 64 valence electrons. The Kier molecular flexibility index (Phi) is 3.60. The van der Waals surface area contributed by atoms with Gasteiger partial charge >= 0.3 is 0 Å². The number of hydrogen-bond acceptors (Lipinski definition) is 2. The first-order valence-electron chi connectivity index (χ1n) is 4.38. The Hall–Kier alpha value is -0.340. The Morgan fingerprint density at radius 2 is 2.45 bits per heavy atom. The summed E-state index contributed by atoms with van der Waals surface area (Å²) >= 11 is 0. The van der Waals surface area contributed by atoms with Gasteiger partial charge in [0.1, 0.15) is 0 Å². The van der Waals surface area contributed by atoms with Crippen LogP contribution in [0.5, 0.6) is 0 Å². The van der Waals surface area contributed by atoms with Crippen molar-refractivity contribution in [1.29, 1.82) is 0 Å². The maximum absolute atomic E-state index is 8.75. The van der Waals surface area contributed by atoms with Gasteiger partial charge in [0.05, 0.1) is 0 Å². The van der Waals surface area contributed by atoms with Crippen molar-refractivity contribution in [2.45, 2.75) is 25.7 Å². The predicted octanol–water partition coefficient (Wildman–Crippen LogP) is 1.05. The second kappa shape index (κ2) is 4.52. The Labute approximate surface area is 68.1 Å². The highest BCUT2D eigenvalue weighted by atomic mass is 16.3. The topological polar surface area (TPSA) is 46.2 Å². The molecule has 11 heavy (non-hydrogen) atoms. The average Bonchev–Trinajstić information content (AvgIpc) is 2.52. The van der Waals surface area contributed by atoms with Crippen LogP contribution >= 0.6 is 0 Å². The summed E-state index contributed by atoms with van der Waals surface area (Å²) in [5.74, 6) is 0.447. The first-order chi connectivity index (χ1) is 5.38. The second-order valence-corrected chi connectivity index (χ2v) is 3.12. The van der Waals surface area contributed by atoms with E-state index in [1.165, 1.54) is 24.8 Å². The molecule has 0 aromatic rings. The van der Waals surface area contributed by atoms with Crippen LogP contribution in [0.3, 0.4) is 0 Å². The Morgan fingerprint density at radius 3 is 2.91 bits per heavy atom. The minimum atomic E-state index is 0.263. The van der Waals surface area contributed by atoms with Crippen LogP contribution in [0.4, 0.5) is 0 Å². The SMILES string of the molecule is NCC(CCO)C1=CCCC1. The summed E-state index contributed by atoms with van der Waals surface area (Å²) in [5.41, 5.74) is 7.06. The van der Waals surface area contributed by atoms with E-state index in [1.807, 2.05) is 0 Å². The lowest BCUT2D eigenvalue weighted by molar-refractivity contribution is 0.267. The highest BCUT2D eigenvalue weighted by Gasteiger charge is 2.14.